The van der Waals surface area contributed by atoms with E-state index in [0.29, 0.717) is 24.7 Å². The average molecular weight is 241 g/mol. The summed E-state index contributed by atoms with van der Waals surface area (Å²) in [6.07, 6.45) is 0. The molecule has 5 heteroatoms. The molecular formula is C12H19NO4. The van der Waals surface area contributed by atoms with Crippen molar-refractivity contribution in [2.75, 3.05) is 28.4 Å². The normalized spacial score (nSPS) is 10.4. The summed E-state index contributed by atoms with van der Waals surface area (Å²) in [5, 5.41) is 0. The fraction of sp³-hybridized carbons (Fsp3) is 0.500. The molecular weight excluding hydrogens is 222 g/mol. The second-order valence-electron chi connectivity index (χ2n) is 3.40. The van der Waals surface area contributed by atoms with Crippen molar-refractivity contribution in [3.8, 4) is 11.5 Å². The first-order chi connectivity index (χ1) is 8.28. The van der Waals surface area contributed by atoms with E-state index >= 15 is 0 Å². The Morgan fingerprint density at radius 3 is 2.35 bits per heavy atom. The Bertz CT molecular complexity index is 355. The van der Waals surface area contributed by atoms with Crippen molar-refractivity contribution in [2.45, 2.75) is 13.2 Å². The van der Waals surface area contributed by atoms with E-state index in [0.717, 1.165) is 11.1 Å². The van der Waals surface area contributed by atoms with Gasteiger partial charge in [0.1, 0.15) is 0 Å². The number of benzene rings is 1. The van der Waals surface area contributed by atoms with Crippen LogP contribution in [0.4, 0.5) is 0 Å². The Kier molecular flexibility index (Phi) is 5.76. The van der Waals surface area contributed by atoms with Gasteiger partial charge in [-0.05, 0) is 11.6 Å². The summed E-state index contributed by atoms with van der Waals surface area (Å²) in [5.41, 5.74) is 4.81. The molecule has 0 spiro atoms. The molecule has 17 heavy (non-hydrogen) atoms. The second kappa shape index (κ2) is 7.11. The van der Waals surface area contributed by atoms with Gasteiger partial charge in [-0.2, -0.15) is 5.48 Å². The monoisotopic (exact) mass is 241 g/mol. The van der Waals surface area contributed by atoms with Crippen molar-refractivity contribution >= 4 is 0 Å². The Morgan fingerprint density at radius 2 is 1.82 bits per heavy atom. The van der Waals surface area contributed by atoms with Crippen LogP contribution in [0, 0.1) is 0 Å². The molecule has 1 rings (SSSR count). The van der Waals surface area contributed by atoms with Crippen molar-refractivity contribution in [2.24, 2.45) is 0 Å². The lowest BCUT2D eigenvalue weighted by Crippen LogP contribution is -2.13. The van der Waals surface area contributed by atoms with Gasteiger partial charge in [0.2, 0.25) is 0 Å². The zero-order valence-electron chi connectivity index (χ0n) is 10.7. The highest BCUT2D eigenvalue weighted by Gasteiger charge is 2.14. The van der Waals surface area contributed by atoms with Crippen molar-refractivity contribution in [1.82, 2.24) is 5.48 Å². The number of rotatable bonds is 7. The highest BCUT2D eigenvalue weighted by Crippen LogP contribution is 2.33. The first kappa shape index (κ1) is 13.8. The molecule has 0 aliphatic rings. The fourth-order valence-electron chi connectivity index (χ4n) is 1.65. The van der Waals surface area contributed by atoms with Gasteiger partial charge in [0.25, 0.3) is 0 Å². The maximum atomic E-state index is 5.37. The van der Waals surface area contributed by atoms with Crippen LogP contribution in [0.1, 0.15) is 11.1 Å². The molecule has 0 heterocycles. The molecule has 5 nitrogen and oxygen atoms in total. The standard InChI is InChI=1S/C12H19NO4/c1-14-8-10-9(7-13-17-4)5-6-11(15-2)12(10)16-3/h5-6,13H,7-8H2,1-4H3. The number of nitrogens with one attached hydrogen (secondary N) is 1. The van der Waals surface area contributed by atoms with Gasteiger partial charge in [0.15, 0.2) is 11.5 Å². The van der Waals surface area contributed by atoms with E-state index in [1.165, 1.54) is 0 Å². The molecule has 0 aromatic heterocycles. The Morgan fingerprint density at radius 1 is 1.06 bits per heavy atom. The molecule has 0 atom stereocenters. The maximum absolute atomic E-state index is 5.37. The Labute approximate surface area is 102 Å². The lowest BCUT2D eigenvalue weighted by Gasteiger charge is -2.16. The van der Waals surface area contributed by atoms with Crippen LogP contribution in [-0.2, 0) is 22.7 Å². The lowest BCUT2D eigenvalue weighted by atomic mass is 10.1. The molecule has 0 aliphatic carbocycles. The zero-order valence-corrected chi connectivity index (χ0v) is 10.7. The summed E-state index contributed by atoms with van der Waals surface area (Å²) in [5.74, 6) is 1.39. The summed E-state index contributed by atoms with van der Waals surface area (Å²) >= 11 is 0. The summed E-state index contributed by atoms with van der Waals surface area (Å²) in [6.45, 7) is 1.04. The van der Waals surface area contributed by atoms with E-state index < -0.39 is 0 Å². The van der Waals surface area contributed by atoms with Crippen LogP contribution < -0.4 is 15.0 Å². The molecule has 96 valence electrons. The molecule has 0 saturated carbocycles. The number of methoxy groups -OCH3 is 3. The van der Waals surface area contributed by atoms with Crippen LogP contribution in [-0.4, -0.2) is 28.4 Å². The van der Waals surface area contributed by atoms with Gasteiger partial charge in [-0.1, -0.05) is 6.07 Å². The van der Waals surface area contributed by atoms with E-state index in [2.05, 4.69) is 5.48 Å². The quantitative estimate of drug-likeness (QED) is 0.733. The molecule has 0 radical (unpaired) electrons. The van der Waals surface area contributed by atoms with Gasteiger partial charge < -0.3 is 19.0 Å². The smallest absolute Gasteiger partial charge is 0.166 e. The van der Waals surface area contributed by atoms with E-state index in [1.807, 2.05) is 12.1 Å². The molecule has 0 bridgehead atoms. The first-order valence-electron chi connectivity index (χ1n) is 5.26. The van der Waals surface area contributed by atoms with Crippen LogP contribution in [0.15, 0.2) is 12.1 Å². The van der Waals surface area contributed by atoms with Crippen LogP contribution in [0.5, 0.6) is 11.5 Å². The van der Waals surface area contributed by atoms with Crippen LogP contribution in [0.3, 0.4) is 0 Å². The summed E-state index contributed by atoms with van der Waals surface area (Å²) in [6, 6.07) is 3.83. The highest BCUT2D eigenvalue weighted by molar-refractivity contribution is 5.50. The van der Waals surface area contributed by atoms with Crippen molar-refractivity contribution in [3.05, 3.63) is 23.3 Å². The first-order valence-corrected chi connectivity index (χ1v) is 5.26. The molecule has 1 aromatic rings. The van der Waals surface area contributed by atoms with E-state index in [4.69, 9.17) is 19.0 Å². The van der Waals surface area contributed by atoms with Crippen molar-refractivity contribution < 1.29 is 19.0 Å². The van der Waals surface area contributed by atoms with Crippen molar-refractivity contribution in [3.63, 3.8) is 0 Å². The molecule has 0 saturated heterocycles. The topological polar surface area (TPSA) is 49.0 Å². The molecule has 0 aliphatic heterocycles. The number of hydroxylamine groups is 1. The van der Waals surface area contributed by atoms with Gasteiger partial charge in [0.05, 0.1) is 27.9 Å². The lowest BCUT2D eigenvalue weighted by molar-refractivity contribution is 0.0857. The van der Waals surface area contributed by atoms with Gasteiger partial charge in [-0.25, -0.2) is 0 Å². The van der Waals surface area contributed by atoms with E-state index in [1.54, 1.807) is 28.4 Å². The van der Waals surface area contributed by atoms with Gasteiger partial charge in [0, 0.05) is 19.2 Å². The molecule has 0 unspecified atom stereocenters. The van der Waals surface area contributed by atoms with Crippen LogP contribution >= 0.6 is 0 Å². The fourth-order valence-corrected chi connectivity index (χ4v) is 1.65. The molecule has 0 fully saturated rings. The minimum Gasteiger partial charge on any atom is -0.493 e. The summed E-state index contributed by atoms with van der Waals surface area (Å²) in [4.78, 5) is 4.85. The van der Waals surface area contributed by atoms with Gasteiger partial charge >= 0.3 is 0 Å². The minimum absolute atomic E-state index is 0.459. The predicted octanol–water partition coefficient (Wildman–Crippen LogP) is 1.50. The van der Waals surface area contributed by atoms with E-state index in [-0.39, 0.29) is 0 Å². The number of hydrogen-bond donors (Lipinski definition) is 1. The highest BCUT2D eigenvalue weighted by atomic mass is 16.6. The molecule has 1 N–H and O–H groups in total. The largest absolute Gasteiger partial charge is 0.493 e. The van der Waals surface area contributed by atoms with Gasteiger partial charge in [-0.3, -0.25) is 0 Å². The molecule has 0 amide bonds. The maximum Gasteiger partial charge on any atom is 0.166 e. The van der Waals surface area contributed by atoms with Gasteiger partial charge in [-0.15, -0.1) is 0 Å². The zero-order chi connectivity index (χ0) is 12.7. The van der Waals surface area contributed by atoms with Crippen LogP contribution in [0.25, 0.3) is 0 Å². The van der Waals surface area contributed by atoms with E-state index in [9.17, 15) is 0 Å². The summed E-state index contributed by atoms with van der Waals surface area (Å²) in [7, 11) is 6.45. The third kappa shape index (κ3) is 3.33. The third-order valence-electron chi connectivity index (χ3n) is 2.44. The second-order valence-corrected chi connectivity index (χ2v) is 3.40. The third-order valence-corrected chi connectivity index (χ3v) is 2.44. The Balaban J connectivity index is 3.11. The summed E-state index contributed by atoms with van der Waals surface area (Å²) < 4.78 is 15.8. The van der Waals surface area contributed by atoms with Crippen LogP contribution in [0.2, 0.25) is 0 Å². The van der Waals surface area contributed by atoms with Crippen molar-refractivity contribution in [1.29, 1.82) is 0 Å². The molecule has 1 aromatic carbocycles. The minimum atomic E-state index is 0.459. The number of hydrogen-bond acceptors (Lipinski definition) is 5. The predicted molar refractivity (Wildman–Crippen MR) is 64.1 cm³/mol. The number of ether oxygens (including phenoxy) is 3. The Hall–Kier alpha value is -1.30. The average Bonchev–Trinajstić information content (AvgIpc) is 2.37. The SMILES string of the molecule is COCc1c(CNOC)ccc(OC)c1OC.